The van der Waals surface area contributed by atoms with Crippen LogP contribution in [0.5, 0.6) is 0 Å². The van der Waals surface area contributed by atoms with Crippen LogP contribution in [0.25, 0.3) is 77.7 Å². The first-order valence-corrected chi connectivity index (χ1v) is 19.3. The molecular weight excluding hydrogens is 585 g/mol. The third-order valence-electron chi connectivity index (χ3n) is 9.84. The molecule has 0 atom stereocenters. The lowest BCUT2D eigenvalue weighted by Crippen LogP contribution is -2.50. The Hall–Kier alpha value is -5.64. The lowest BCUT2D eigenvalue weighted by molar-refractivity contribution is 1.21. The number of benzene rings is 7. The molecule has 9 rings (SSSR count). The average molecular weight is 617 g/mol. The zero-order valence-electron chi connectivity index (χ0n) is 26.4. The van der Waals surface area contributed by atoms with Gasteiger partial charge >= 0.3 is 0 Å². The molecule has 222 valence electrons. The van der Waals surface area contributed by atoms with Crippen molar-refractivity contribution in [3.63, 3.8) is 0 Å². The van der Waals surface area contributed by atoms with Gasteiger partial charge in [-0.25, -0.2) is 9.97 Å². The van der Waals surface area contributed by atoms with Gasteiger partial charge in [-0.05, 0) is 66.3 Å². The third-order valence-corrected chi connectivity index (χ3v) is 13.3. The highest BCUT2D eigenvalue weighted by molar-refractivity contribution is 7.04. The standard InChI is InChI=1S/C44H32N2Si/c1-47(2)39-26-25-31-16-7-9-23-37(31)40(39)42-43(47)41(45-44(46-42)38-24-12-17-30-15-6-8-22-36(30)38)35-21-11-20-34(28-35)33-19-10-18-32(27-33)29-13-4-3-5-14-29/h3-28H,1-2H3. The van der Waals surface area contributed by atoms with Crippen LogP contribution in [0.1, 0.15) is 0 Å². The molecular formula is C44H32N2Si. The van der Waals surface area contributed by atoms with E-state index in [1.165, 1.54) is 59.7 Å². The summed E-state index contributed by atoms with van der Waals surface area (Å²) in [6.45, 7) is 4.92. The summed E-state index contributed by atoms with van der Waals surface area (Å²) in [4.78, 5) is 11.0. The van der Waals surface area contributed by atoms with Crippen molar-refractivity contribution < 1.29 is 0 Å². The summed E-state index contributed by atoms with van der Waals surface area (Å²) in [6.07, 6.45) is 0. The predicted octanol–water partition coefficient (Wildman–Crippen LogP) is 10.3. The van der Waals surface area contributed by atoms with Crippen LogP contribution in [0.15, 0.2) is 158 Å². The zero-order chi connectivity index (χ0) is 31.5. The number of hydrogen-bond acceptors (Lipinski definition) is 2. The summed E-state index contributed by atoms with van der Waals surface area (Å²) in [6, 6.07) is 56.8. The number of rotatable bonds is 4. The Morgan fingerprint density at radius 1 is 0.426 bits per heavy atom. The maximum atomic E-state index is 5.52. The molecule has 47 heavy (non-hydrogen) atoms. The maximum Gasteiger partial charge on any atom is 0.161 e. The average Bonchev–Trinajstić information content (AvgIpc) is 3.37. The lowest BCUT2D eigenvalue weighted by atomic mass is 9.96. The molecule has 0 spiro atoms. The summed E-state index contributed by atoms with van der Waals surface area (Å²) in [5.74, 6) is 0.776. The van der Waals surface area contributed by atoms with Gasteiger partial charge in [0.2, 0.25) is 0 Å². The molecule has 0 amide bonds. The molecule has 3 heteroatoms. The van der Waals surface area contributed by atoms with Crippen LogP contribution in [-0.2, 0) is 0 Å². The van der Waals surface area contributed by atoms with Crippen molar-refractivity contribution in [1.82, 2.24) is 9.97 Å². The van der Waals surface area contributed by atoms with E-state index in [2.05, 4.69) is 171 Å². The quantitative estimate of drug-likeness (QED) is 0.184. The van der Waals surface area contributed by atoms with Crippen LogP contribution in [0.2, 0.25) is 13.1 Å². The van der Waals surface area contributed by atoms with Crippen molar-refractivity contribution in [3.05, 3.63) is 158 Å². The molecule has 2 nitrogen and oxygen atoms in total. The minimum absolute atomic E-state index is 0.776. The van der Waals surface area contributed by atoms with Gasteiger partial charge in [0.05, 0.1) is 11.4 Å². The minimum atomic E-state index is -2.18. The smallest absolute Gasteiger partial charge is 0.161 e. The second kappa shape index (κ2) is 10.7. The van der Waals surface area contributed by atoms with Gasteiger partial charge in [0.1, 0.15) is 8.07 Å². The SMILES string of the molecule is C[Si]1(C)c2ccc3ccccc3c2-c2nc(-c3cccc4ccccc34)nc(-c3cccc(-c4cccc(-c5ccccc5)c4)c3)c21. The maximum absolute atomic E-state index is 5.52. The Balaban J connectivity index is 1.31. The van der Waals surface area contributed by atoms with E-state index in [-0.39, 0.29) is 0 Å². The first kappa shape index (κ1) is 27.6. The largest absolute Gasteiger partial charge is 0.228 e. The van der Waals surface area contributed by atoms with Crippen molar-refractivity contribution >= 4 is 40.0 Å². The molecule has 0 fully saturated rings. The van der Waals surface area contributed by atoms with E-state index >= 15 is 0 Å². The van der Waals surface area contributed by atoms with E-state index in [0.717, 1.165) is 28.3 Å². The Morgan fingerprint density at radius 2 is 0.957 bits per heavy atom. The molecule has 0 unspecified atom stereocenters. The normalized spacial score (nSPS) is 13.1. The highest BCUT2D eigenvalue weighted by atomic mass is 28.3. The van der Waals surface area contributed by atoms with E-state index in [1.807, 2.05) is 0 Å². The van der Waals surface area contributed by atoms with Crippen molar-refractivity contribution in [3.8, 4) is 56.2 Å². The number of aromatic nitrogens is 2. The van der Waals surface area contributed by atoms with Crippen molar-refractivity contribution in [1.29, 1.82) is 0 Å². The highest BCUT2D eigenvalue weighted by Crippen LogP contribution is 2.39. The minimum Gasteiger partial charge on any atom is -0.228 e. The van der Waals surface area contributed by atoms with Gasteiger partial charge in [-0.3, -0.25) is 0 Å². The second-order valence-corrected chi connectivity index (χ2v) is 17.3. The molecule has 7 aromatic carbocycles. The molecule has 2 heterocycles. The number of nitrogens with zero attached hydrogens (tertiary/aromatic N) is 2. The van der Waals surface area contributed by atoms with Gasteiger partial charge in [-0.15, -0.1) is 0 Å². The van der Waals surface area contributed by atoms with Gasteiger partial charge in [0.25, 0.3) is 0 Å². The summed E-state index contributed by atoms with van der Waals surface area (Å²) >= 11 is 0. The molecule has 0 N–H and O–H groups in total. The van der Waals surface area contributed by atoms with Crippen LogP contribution >= 0.6 is 0 Å². The molecule has 0 radical (unpaired) electrons. The Labute approximate surface area is 276 Å². The fraction of sp³-hybridized carbons (Fsp3) is 0.0455. The second-order valence-electron chi connectivity index (χ2n) is 13.0. The van der Waals surface area contributed by atoms with E-state index < -0.39 is 8.07 Å². The van der Waals surface area contributed by atoms with Gasteiger partial charge in [0.15, 0.2) is 5.82 Å². The molecule has 1 aliphatic rings. The van der Waals surface area contributed by atoms with Crippen LogP contribution < -0.4 is 10.4 Å². The number of fused-ring (bicyclic) bond motifs is 6. The molecule has 1 aliphatic heterocycles. The van der Waals surface area contributed by atoms with Crippen LogP contribution in [0.3, 0.4) is 0 Å². The van der Waals surface area contributed by atoms with Gasteiger partial charge < -0.3 is 0 Å². The van der Waals surface area contributed by atoms with Gasteiger partial charge in [-0.1, -0.05) is 159 Å². The highest BCUT2D eigenvalue weighted by Gasteiger charge is 2.42. The lowest BCUT2D eigenvalue weighted by Gasteiger charge is -2.22. The monoisotopic (exact) mass is 616 g/mol. The fourth-order valence-corrected chi connectivity index (χ4v) is 10.7. The molecule has 0 saturated carbocycles. The van der Waals surface area contributed by atoms with E-state index in [1.54, 1.807) is 0 Å². The molecule has 0 aliphatic carbocycles. The Kier molecular flexibility index (Phi) is 6.31. The van der Waals surface area contributed by atoms with Crippen LogP contribution in [0.4, 0.5) is 0 Å². The third kappa shape index (κ3) is 4.46. The topological polar surface area (TPSA) is 25.8 Å². The fourth-order valence-electron chi connectivity index (χ4n) is 7.52. The predicted molar refractivity (Wildman–Crippen MR) is 201 cm³/mol. The Morgan fingerprint density at radius 3 is 1.72 bits per heavy atom. The molecule has 8 aromatic rings. The first-order valence-electron chi connectivity index (χ1n) is 16.3. The molecule has 0 bridgehead atoms. The van der Waals surface area contributed by atoms with Crippen LogP contribution in [-0.4, -0.2) is 18.0 Å². The first-order chi connectivity index (χ1) is 23.1. The Bertz CT molecular complexity index is 2490. The number of hydrogen-bond donors (Lipinski definition) is 0. The van der Waals surface area contributed by atoms with Crippen molar-refractivity contribution in [2.75, 3.05) is 0 Å². The van der Waals surface area contributed by atoms with Gasteiger partial charge in [0, 0.05) is 16.7 Å². The van der Waals surface area contributed by atoms with E-state index in [4.69, 9.17) is 9.97 Å². The summed E-state index contributed by atoms with van der Waals surface area (Å²) in [5.41, 5.74) is 10.4. The van der Waals surface area contributed by atoms with Crippen LogP contribution in [0, 0.1) is 0 Å². The van der Waals surface area contributed by atoms with Crippen molar-refractivity contribution in [2.24, 2.45) is 0 Å². The van der Waals surface area contributed by atoms with E-state index in [9.17, 15) is 0 Å². The van der Waals surface area contributed by atoms with E-state index in [0.29, 0.717) is 0 Å². The summed E-state index contributed by atoms with van der Waals surface area (Å²) in [5, 5.41) is 7.63. The zero-order valence-corrected chi connectivity index (χ0v) is 27.4. The molecule has 0 saturated heterocycles. The van der Waals surface area contributed by atoms with Gasteiger partial charge in [-0.2, -0.15) is 0 Å². The summed E-state index contributed by atoms with van der Waals surface area (Å²) in [7, 11) is -2.18. The van der Waals surface area contributed by atoms with Crippen molar-refractivity contribution in [2.45, 2.75) is 13.1 Å². The summed E-state index contributed by atoms with van der Waals surface area (Å²) < 4.78 is 0. The molecule has 1 aromatic heterocycles.